The monoisotopic (exact) mass is 432 g/mol. The predicted octanol–water partition coefficient (Wildman–Crippen LogP) is 7.93. The first-order chi connectivity index (χ1) is 15.9. The molecule has 0 aliphatic heterocycles. The smallest absolute Gasteiger partial charge is 0.227 e. The van der Waals surface area contributed by atoms with Gasteiger partial charge in [-0.3, -0.25) is 4.98 Å². The number of pyridine rings is 2. The lowest BCUT2D eigenvalue weighted by Gasteiger charge is -2.39. The van der Waals surface area contributed by atoms with Crippen LogP contribution in [0.25, 0.3) is 44.5 Å². The molecule has 0 radical (unpaired) electrons. The van der Waals surface area contributed by atoms with Gasteiger partial charge in [0.1, 0.15) is 5.58 Å². The van der Waals surface area contributed by atoms with E-state index < -0.39 is 0 Å². The Morgan fingerprint density at radius 1 is 0.818 bits per heavy atom. The van der Waals surface area contributed by atoms with Gasteiger partial charge in [0.25, 0.3) is 0 Å². The summed E-state index contributed by atoms with van der Waals surface area (Å²) in [6.07, 6.45) is 1.83. The third kappa shape index (κ3) is 2.56. The summed E-state index contributed by atoms with van der Waals surface area (Å²) in [6.45, 7) is 11.4. The van der Waals surface area contributed by atoms with Crippen molar-refractivity contribution in [3.05, 3.63) is 83.7 Å². The summed E-state index contributed by atoms with van der Waals surface area (Å²) >= 11 is 0. The van der Waals surface area contributed by atoms with Crippen molar-refractivity contribution in [3.63, 3.8) is 0 Å². The Labute approximate surface area is 194 Å². The van der Waals surface area contributed by atoms with Gasteiger partial charge in [-0.2, -0.15) is 0 Å². The molecule has 0 atom stereocenters. The average molecular weight is 433 g/mol. The van der Waals surface area contributed by atoms with Gasteiger partial charge in [0, 0.05) is 33.5 Å². The molecule has 1 aliphatic carbocycles. The van der Waals surface area contributed by atoms with Crippen molar-refractivity contribution < 1.29 is 4.42 Å². The Bertz CT molecular complexity index is 1520. The Hall–Kier alpha value is -3.46. The SMILES string of the molecule is Cc1ccc2c(oc3nc4c(cc32)-c2ccccc2C4(C(C)C)C(C)C)c1-c1ccccn1. The molecule has 33 heavy (non-hydrogen) atoms. The van der Waals surface area contributed by atoms with E-state index in [1.165, 1.54) is 16.7 Å². The maximum atomic E-state index is 6.54. The Balaban J connectivity index is 1.72. The molecule has 0 N–H and O–H groups in total. The quantitative estimate of drug-likeness (QED) is 0.290. The van der Waals surface area contributed by atoms with E-state index in [9.17, 15) is 0 Å². The van der Waals surface area contributed by atoms with Crippen molar-refractivity contribution in [1.29, 1.82) is 0 Å². The second kappa shape index (κ2) is 7.02. The van der Waals surface area contributed by atoms with E-state index in [-0.39, 0.29) is 5.41 Å². The lowest BCUT2D eigenvalue weighted by atomic mass is 9.64. The molecule has 3 nitrogen and oxygen atoms in total. The minimum absolute atomic E-state index is 0.140. The highest BCUT2D eigenvalue weighted by Crippen LogP contribution is 2.56. The second-order valence-electron chi connectivity index (χ2n) is 9.91. The molecular formula is C30H28N2O. The van der Waals surface area contributed by atoms with Gasteiger partial charge in [0.2, 0.25) is 5.71 Å². The fourth-order valence-corrected chi connectivity index (χ4v) is 6.25. The number of furan rings is 1. The van der Waals surface area contributed by atoms with Gasteiger partial charge in [0.15, 0.2) is 0 Å². The molecule has 0 fully saturated rings. The van der Waals surface area contributed by atoms with E-state index in [1.807, 2.05) is 24.4 Å². The third-order valence-electron chi connectivity index (χ3n) is 7.64. The highest BCUT2D eigenvalue weighted by molar-refractivity contribution is 6.10. The summed E-state index contributed by atoms with van der Waals surface area (Å²) in [4.78, 5) is 9.89. The minimum Gasteiger partial charge on any atom is -0.437 e. The van der Waals surface area contributed by atoms with E-state index in [0.717, 1.165) is 38.9 Å². The number of benzene rings is 2. The molecule has 3 heterocycles. The summed E-state index contributed by atoms with van der Waals surface area (Å²) in [7, 11) is 0. The molecule has 0 saturated carbocycles. The van der Waals surface area contributed by atoms with Gasteiger partial charge < -0.3 is 4.42 Å². The number of aromatic nitrogens is 2. The van der Waals surface area contributed by atoms with Gasteiger partial charge in [-0.15, -0.1) is 0 Å². The fraction of sp³-hybridized carbons (Fsp3) is 0.267. The van der Waals surface area contributed by atoms with E-state index in [1.54, 1.807) is 0 Å². The van der Waals surface area contributed by atoms with Gasteiger partial charge in [0.05, 0.1) is 11.4 Å². The molecule has 1 aliphatic rings. The predicted molar refractivity (Wildman–Crippen MR) is 135 cm³/mol. The Kier molecular flexibility index (Phi) is 4.29. The minimum atomic E-state index is -0.140. The largest absolute Gasteiger partial charge is 0.437 e. The zero-order chi connectivity index (χ0) is 22.9. The summed E-state index contributed by atoms with van der Waals surface area (Å²) in [6, 6.07) is 21.5. The van der Waals surface area contributed by atoms with E-state index in [2.05, 4.69) is 82.1 Å². The molecule has 0 unspecified atom stereocenters. The highest BCUT2D eigenvalue weighted by Gasteiger charge is 2.49. The van der Waals surface area contributed by atoms with Crippen molar-refractivity contribution in [2.75, 3.05) is 0 Å². The molecule has 2 aromatic carbocycles. The molecule has 6 rings (SSSR count). The molecule has 5 aromatic rings. The summed E-state index contributed by atoms with van der Waals surface area (Å²) in [5, 5.41) is 2.16. The van der Waals surface area contributed by atoms with Crippen LogP contribution in [0.5, 0.6) is 0 Å². The van der Waals surface area contributed by atoms with Crippen LogP contribution in [0.1, 0.15) is 44.5 Å². The van der Waals surface area contributed by atoms with Gasteiger partial charge >= 0.3 is 0 Å². The standard InChI is InChI=1S/C30H28N2O/c1-17(2)30(18(3)4)24-11-7-6-10-20(24)22-16-23-21-14-13-19(5)26(25-12-8-9-15-31-25)27(21)33-29(23)32-28(22)30/h6-18H,1-5H3. The van der Waals surface area contributed by atoms with Crippen LogP contribution in [0.15, 0.2) is 71.3 Å². The first-order valence-corrected chi connectivity index (χ1v) is 11.8. The number of hydrogen-bond donors (Lipinski definition) is 0. The lowest BCUT2D eigenvalue weighted by molar-refractivity contribution is 0.273. The fourth-order valence-electron chi connectivity index (χ4n) is 6.25. The number of fused-ring (bicyclic) bond motifs is 6. The van der Waals surface area contributed by atoms with Gasteiger partial charge in [-0.25, -0.2) is 4.98 Å². The van der Waals surface area contributed by atoms with E-state index in [4.69, 9.17) is 9.40 Å². The van der Waals surface area contributed by atoms with Crippen molar-refractivity contribution in [2.24, 2.45) is 11.8 Å². The van der Waals surface area contributed by atoms with Crippen LogP contribution in [0.4, 0.5) is 0 Å². The summed E-state index contributed by atoms with van der Waals surface area (Å²) in [5.74, 6) is 0.807. The Morgan fingerprint density at radius 3 is 2.30 bits per heavy atom. The van der Waals surface area contributed by atoms with Gasteiger partial charge in [-0.05, 0) is 53.6 Å². The molecule has 0 spiro atoms. The number of hydrogen-bond acceptors (Lipinski definition) is 3. The molecule has 3 heteroatoms. The zero-order valence-corrected chi connectivity index (χ0v) is 19.8. The summed E-state index contributed by atoms with van der Waals surface area (Å²) < 4.78 is 6.54. The highest BCUT2D eigenvalue weighted by atomic mass is 16.3. The van der Waals surface area contributed by atoms with Gasteiger partial charge in [-0.1, -0.05) is 70.2 Å². The van der Waals surface area contributed by atoms with Crippen LogP contribution in [-0.2, 0) is 5.41 Å². The molecule has 0 saturated heterocycles. The van der Waals surface area contributed by atoms with Crippen LogP contribution >= 0.6 is 0 Å². The maximum Gasteiger partial charge on any atom is 0.227 e. The summed E-state index contributed by atoms with van der Waals surface area (Å²) in [5.41, 5.74) is 9.64. The second-order valence-corrected chi connectivity index (χ2v) is 9.91. The average Bonchev–Trinajstić information content (AvgIpc) is 3.31. The molecule has 0 amide bonds. The van der Waals surface area contributed by atoms with E-state index in [0.29, 0.717) is 17.5 Å². The van der Waals surface area contributed by atoms with Crippen molar-refractivity contribution in [2.45, 2.75) is 40.0 Å². The number of aryl methyl sites for hydroxylation is 1. The molecule has 164 valence electrons. The van der Waals surface area contributed by atoms with Crippen LogP contribution in [-0.4, -0.2) is 9.97 Å². The first kappa shape index (κ1) is 20.2. The van der Waals surface area contributed by atoms with E-state index >= 15 is 0 Å². The Morgan fingerprint density at radius 2 is 1.58 bits per heavy atom. The third-order valence-corrected chi connectivity index (χ3v) is 7.64. The van der Waals surface area contributed by atoms with Crippen LogP contribution in [0.3, 0.4) is 0 Å². The van der Waals surface area contributed by atoms with Crippen molar-refractivity contribution in [3.8, 4) is 22.4 Å². The normalized spacial score (nSPS) is 14.4. The van der Waals surface area contributed by atoms with Crippen LogP contribution in [0.2, 0.25) is 0 Å². The molecule has 0 bridgehead atoms. The lowest BCUT2D eigenvalue weighted by Crippen LogP contribution is -2.38. The molecular weight excluding hydrogens is 404 g/mol. The topological polar surface area (TPSA) is 38.9 Å². The zero-order valence-electron chi connectivity index (χ0n) is 19.8. The number of rotatable bonds is 3. The van der Waals surface area contributed by atoms with Crippen LogP contribution in [0, 0.1) is 18.8 Å². The first-order valence-electron chi connectivity index (χ1n) is 11.8. The van der Waals surface area contributed by atoms with Crippen molar-refractivity contribution >= 4 is 22.1 Å². The maximum absolute atomic E-state index is 6.54. The van der Waals surface area contributed by atoms with Crippen LogP contribution < -0.4 is 0 Å². The van der Waals surface area contributed by atoms with Crippen molar-refractivity contribution in [1.82, 2.24) is 9.97 Å². The molecule has 3 aromatic heterocycles. The number of nitrogens with zero attached hydrogens (tertiary/aromatic N) is 2.